The normalized spacial score (nSPS) is 12.3. The number of pyridine rings is 1. The van der Waals surface area contributed by atoms with Crippen molar-refractivity contribution in [2.75, 3.05) is 6.54 Å². The first-order valence-corrected chi connectivity index (χ1v) is 8.35. The van der Waals surface area contributed by atoms with Gasteiger partial charge in [0.15, 0.2) is 0 Å². The lowest BCUT2D eigenvalue weighted by Gasteiger charge is -2.19. The summed E-state index contributed by atoms with van der Waals surface area (Å²) in [5, 5.41) is 3.66. The lowest BCUT2D eigenvalue weighted by molar-refractivity contribution is 0.504. The van der Waals surface area contributed by atoms with Crippen molar-refractivity contribution in [2.24, 2.45) is 0 Å². The van der Waals surface area contributed by atoms with Crippen LogP contribution in [0.5, 0.6) is 0 Å². The van der Waals surface area contributed by atoms with Gasteiger partial charge in [0.1, 0.15) is 0 Å². The smallest absolute Gasteiger partial charge is 0.0410 e. The molecular formula is C18H23BrN2. The second kappa shape index (κ2) is 8.30. The third-order valence-electron chi connectivity index (χ3n) is 3.53. The Morgan fingerprint density at radius 2 is 1.81 bits per heavy atom. The number of nitrogens with one attached hydrogen (secondary N) is 1. The summed E-state index contributed by atoms with van der Waals surface area (Å²) >= 11 is 3.50. The molecular weight excluding hydrogens is 324 g/mol. The zero-order valence-electron chi connectivity index (χ0n) is 12.8. The topological polar surface area (TPSA) is 24.9 Å². The fourth-order valence-electron chi connectivity index (χ4n) is 2.43. The van der Waals surface area contributed by atoms with E-state index in [0.717, 1.165) is 30.3 Å². The van der Waals surface area contributed by atoms with Gasteiger partial charge in [0.05, 0.1) is 0 Å². The predicted octanol–water partition coefficient (Wildman–Crippen LogP) is 4.31. The molecule has 2 nitrogen and oxygen atoms in total. The van der Waals surface area contributed by atoms with E-state index in [2.05, 4.69) is 70.4 Å². The second-order valence-electron chi connectivity index (χ2n) is 5.56. The molecule has 0 spiro atoms. The lowest BCUT2D eigenvalue weighted by atomic mass is 9.99. The van der Waals surface area contributed by atoms with Gasteiger partial charge in [-0.2, -0.15) is 0 Å². The van der Waals surface area contributed by atoms with Gasteiger partial charge in [-0.25, -0.2) is 0 Å². The summed E-state index contributed by atoms with van der Waals surface area (Å²) in [7, 11) is 0. The van der Waals surface area contributed by atoms with E-state index < -0.39 is 0 Å². The van der Waals surface area contributed by atoms with Crippen LogP contribution in [0, 0.1) is 6.92 Å². The number of benzene rings is 1. The molecule has 2 rings (SSSR count). The van der Waals surface area contributed by atoms with E-state index >= 15 is 0 Å². The number of aryl methyl sites for hydroxylation is 1. The van der Waals surface area contributed by atoms with Crippen molar-refractivity contribution in [1.82, 2.24) is 10.3 Å². The Labute approximate surface area is 136 Å². The first kappa shape index (κ1) is 16.2. The standard InChI is InChI=1S/C18H23BrN2/c1-3-8-21-18(10-15-6-4-14(2)5-7-15)11-16-9-17(19)13-20-12-16/h4-7,9,12-13,18,21H,3,8,10-11H2,1-2H3. The lowest BCUT2D eigenvalue weighted by Crippen LogP contribution is -2.33. The largest absolute Gasteiger partial charge is 0.313 e. The van der Waals surface area contributed by atoms with E-state index in [-0.39, 0.29) is 0 Å². The Kier molecular flexibility index (Phi) is 6.40. The minimum atomic E-state index is 0.448. The van der Waals surface area contributed by atoms with E-state index in [1.807, 2.05) is 12.4 Å². The first-order valence-electron chi connectivity index (χ1n) is 7.55. The molecule has 0 aliphatic heterocycles. The van der Waals surface area contributed by atoms with Crippen molar-refractivity contribution in [3.8, 4) is 0 Å². The Bertz CT molecular complexity index is 551. The van der Waals surface area contributed by atoms with Gasteiger partial charge < -0.3 is 5.32 Å². The maximum Gasteiger partial charge on any atom is 0.0410 e. The summed E-state index contributed by atoms with van der Waals surface area (Å²) in [5.41, 5.74) is 3.97. The van der Waals surface area contributed by atoms with E-state index in [1.54, 1.807) is 0 Å². The minimum absolute atomic E-state index is 0.448. The molecule has 1 N–H and O–H groups in total. The Morgan fingerprint density at radius 1 is 1.10 bits per heavy atom. The van der Waals surface area contributed by atoms with Gasteiger partial charge in [-0.05, 0) is 65.9 Å². The molecule has 0 amide bonds. The Balaban J connectivity index is 2.04. The van der Waals surface area contributed by atoms with Crippen LogP contribution in [0.4, 0.5) is 0 Å². The molecule has 3 heteroatoms. The number of hydrogen-bond acceptors (Lipinski definition) is 2. The van der Waals surface area contributed by atoms with E-state index in [0.29, 0.717) is 6.04 Å². The SMILES string of the molecule is CCCNC(Cc1ccc(C)cc1)Cc1cncc(Br)c1. The molecule has 2 aromatic rings. The molecule has 1 unspecified atom stereocenters. The van der Waals surface area contributed by atoms with Crippen LogP contribution < -0.4 is 5.32 Å². The van der Waals surface area contributed by atoms with Gasteiger partial charge in [-0.1, -0.05) is 36.8 Å². The molecule has 21 heavy (non-hydrogen) atoms. The van der Waals surface area contributed by atoms with Crippen molar-refractivity contribution in [1.29, 1.82) is 0 Å². The van der Waals surface area contributed by atoms with Crippen LogP contribution in [0.15, 0.2) is 47.2 Å². The number of hydrogen-bond donors (Lipinski definition) is 1. The van der Waals surface area contributed by atoms with Gasteiger partial charge in [0.2, 0.25) is 0 Å². The summed E-state index contributed by atoms with van der Waals surface area (Å²) in [6.07, 6.45) is 6.99. The highest BCUT2D eigenvalue weighted by Crippen LogP contribution is 2.14. The average molecular weight is 347 g/mol. The Morgan fingerprint density at radius 3 is 2.48 bits per heavy atom. The molecule has 1 heterocycles. The van der Waals surface area contributed by atoms with Crippen LogP contribution in [0.2, 0.25) is 0 Å². The van der Waals surface area contributed by atoms with Crippen LogP contribution in [-0.4, -0.2) is 17.6 Å². The number of halogens is 1. The van der Waals surface area contributed by atoms with Crippen LogP contribution in [0.3, 0.4) is 0 Å². The van der Waals surface area contributed by atoms with E-state index in [9.17, 15) is 0 Å². The summed E-state index contributed by atoms with van der Waals surface area (Å²) in [5.74, 6) is 0. The van der Waals surface area contributed by atoms with Crippen LogP contribution in [-0.2, 0) is 12.8 Å². The maximum atomic E-state index is 4.26. The van der Waals surface area contributed by atoms with Gasteiger partial charge >= 0.3 is 0 Å². The average Bonchev–Trinajstić information content (AvgIpc) is 2.47. The molecule has 1 aromatic heterocycles. The summed E-state index contributed by atoms with van der Waals surface area (Å²) < 4.78 is 1.05. The van der Waals surface area contributed by atoms with Gasteiger partial charge in [-0.15, -0.1) is 0 Å². The summed E-state index contributed by atoms with van der Waals surface area (Å²) in [6, 6.07) is 11.4. The maximum absolute atomic E-state index is 4.26. The van der Waals surface area contributed by atoms with Crippen molar-refractivity contribution < 1.29 is 0 Å². The molecule has 0 saturated carbocycles. The third kappa shape index (κ3) is 5.60. The zero-order valence-corrected chi connectivity index (χ0v) is 14.4. The third-order valence-corrected chi connectivity index (χ3v) is 3.96. The fraction of sp³-hybridized carbons (Fsp3) is 0.389. The van der Waals surface area contributed by atoms with Gasteiger partial charge in [0.25, 0.3) is 0 Å². The molecule has 0 aliphatic rings. The molecule has 0 fully saturated rings. The summed E-state index contributed by atoms with van der Waals surface area (Å²) in [6.45, 7) is 5.39. The fourth-order valence-corrected chi connectivity index (χ4v) is 2.84. The number of aromatic nitrogens is 1. The zero-order chi connectivity index (χ0) is 15.1. The Hall–Kier alpha value is -1.19. The quantitative estimate of drug-likeness (QED) is 0.808. The monoisotopic (exact) mass is 346 g/mol. The van der Waals surface area contributed by atoms with Crippen LogP contribution >= 0.6 is 15.9 Å². The predicted molar refractivity (Wildman–Crippen MR) is 92.6 cm³/mol. The molecule has 112 valence electrons. The molecule has 0 aliphatic carbocycles. The highest BCUT2D eigenvalue weighted by Gasteiger charge is 2.10. The molecule has 0 bridgehead atoms. The second-order valence-corrected chi connectivity index (χ2v) is 6.47. The molecule has 1 aromatic carbocycles. The highest BCUT2D eigenvalue weighted by molar-refractivity contribution is 9.10. The highest BCUT2D eigenvalue weighted by atomic mass is 79.9. The number of rotatable bonds is 7. The van der Waals surface area contributed by atoms with Crippen molar-refractivity contribution in [2.45, 2.75) is 39.2 Å². The first-order chi connectivity index (χ1) is 10.2. The van der Waals surface area contributed by atoms with E-state index in [1.165, 1.54) is 16.7 Å². The van der Waals surface area contributed by atoms with Crippen molar-refractivity contribution in [3.63, 3.8) is 0 Å². The van der Waals surface area contributed by atoms with Crippen LogP contribution in [0.1, 0.15) is 30.0 Å². The van der Waals surface area contributed by atoms with Gasteiger partial charge in [0, 0.05) is 22.9 Å². The molecule has 0 radical (unpaired) electrons. The van der Waals surface area contributed by atoms with Crippen LogP contribution in [0.25, 0.3) is 0 Å². The molecule has 0 saturated heterocycles. The van der Waals surface area contributed by atoms with Crippen molar-refractivity contribution >= 4 is 15.9 Å². The number of nitrogens with zero attached hydrogens (tertiary/aromatic N) is 1. The van der Waals surface area contributed by atoms with Gasteiger partial charge in [-0.3, -0.25) is 4.98 Å². The minimum Gasteiger partial charge on any atom is -0.313 e. The summed E-state index contributed by atoms with van der Waals surface area (Å²) in [4.78, 5) is 4.26. The van der Waals surface area contributed by atoms with Crippen molar-refractivity contribution in [3.05, 3.63) is 63.9 Å². The molecule has 1 atom stereocenters. The van der Waals surface area contributed by atoms with E-state index in [4.69, 9.17) is 0 Å².